The van der Waals surface area contributed by atoms with E-state index in [1.54, 1.807) is 19.2 Å². The van der Waals surface area contributed by atoms with Gasteiger partial charge in [0, 0.05) is 23.2 Å². The summed E-state index contributed by atoms with van der Waals surface area (Å²) >= 11 is 1.47. The first-order valence-corrected chi connectivity index (χ1v) is 9.86. The van der Waals surface area contributed by atoms with Crippen LogP contribution in [0.1, 0.15) is 12.1 Å². The molecule has 8 heteroatoms. The summed E-state index contributed by atoms with van der Waals surface area (Å²) < 4.78 is 10.5. The Kier molecular flexibility index (Phi) is 7.18. The molecule has 3 aromatic rings. The van der Waals surface area contributed by atoms with Crippen LogP contribution < -0.4 is 15.4 Å². The minimum atomic E-state index is -0.402. The number of anilines is 1. The summed E-state index contributed by atoms with van der Waals surface area (Å²) in [4.78, 5) is 28.1. The zero-order chi connectivity index (χ0) is 20.5. The highest BCUT2D eigenvalue weighted by atomic mass is 32.1. The van der Waals surface area contributed by atoms with Crippen molar-refractivity contribution in [3.8, 4) is 16.3 Å². The first-order valence-electron chi connectivity index (χ1n) is 8.98. The van der Waals surface area contributed by atoms with Crippen molar-refractivity contribution in [2.75, 3.05) is 19.0 Å². The number of aromatic nitrogens is 1. The molecule has 1 aromatic heterocycles. The lowest BCUT2D eigenvalue weighted by molar-refractivity contribution is -0.144. The maximum absolute atomic E-state index is 11.9. The molecule has 150 valence electrons. The van der Waals surface area contributed by atoms with Crippen LogP contribution in [0.2, 0.25) is 0 Å². The predicted octanol–water partition coefficient (Wildman–Crippen LogP) is 4.07. The van der Waals surface area contributed by atoms with Crippen molar-refractivity contribution in [2.24, 2.45) is 0 Å². The lowest BCUT2D eigenvalue weighted by Crippen LogP contribution is -2.30. The number of rotatable bonds is 8. The van der Waals surface area contributed by atoms with E-state index in [0.29, 0.717) is 11.4 Å². The molecule has 0 fully saturated rings. The van der Waals surface area contributed by atoms with Crippen molar-refractivity contribution >= 4 is 29.0 Å². The number of methoxy groups -OCH3 is 1. The summed E-state index contributed by atoms with van der Waals surface area (Å²) in [7, 11) is 1.62. The van der Waals surface area contributed by atoms with E-state index >= 15 is 0 Å². The van der Waals surface area contributed by atoms with Gasteiger partial charge in [0.1, 0.15) is 17.4 Å². The van der Waals surface area contributed by atoms with Crippen LogP contribution in [0.5, 0.6) is 5.75 Å². The van der Waals surface area contributed by atoms with Gasteiger partial charge in [0.15, 0.2) is 0 Å². The number of hydrogen-bond acceptors (Lipinski definition) is 6. The van der Waals surface area contributed by atoms with Crippen molar-refractivity contribution < 1.29 is 19.1 Å². The molecule has 0 radical (unpaired) electrons. The quantitative estimate of drug-likeness (QED) is 0.545. The van der Waals surface area contributed by atoms with Crippen LogP contribution in [0.3, 0.4) is 0 Å². The summed E-state index contributed by atoms with van der Waals surface area (Å²) in [5, 5.41) is 7.98. The predicted molar refractivity (Wildman–Crippen MR) is 112 cm³/mol. The number of thiazole rings is 1. The minimum absolute atomic E-state index is 0.0785. The molecule has 0 unspecified atom stereocenters. The first-order chi connectivity index (χ1) is 14.1. The summed E-state index contributed by atoms with van der Waals surface area (Å²) in [5.74, 6) is 0.357. The number of benzene rings is 2. The van der Waals surface area contributed by atoms with Crippen LogP contribution >= 0.6 is 11.3 Å². The molecule has 29 heavy (non-hydrogen) atoms. The third-order valence-corrected chi connectivity index (χ3v) is 4.84. The second kappa shape index (κ2) is 10.2. The Hall–Kier alpha value is -3.39. The SMILES string of the molecule is COc1cccc(-c2nc(COC(=O)CCNC(=O)Nc3ccccc3)cs2)c1. The third-order valence-electron chi connectivity index (χ3n) is 3.90. The summed E-state index contributed by atoms with van der Waals surface area (Å²) in [6.45, 7) is 0.277. The zero-order valence-corrected chi connectivity index (χ0v) is 16.7. The van der Waals surface area contributed by atoms with E-state index in [9.17, 15) is 9.59 Å². The van der Waals surface area contributed by atoms with Gasteiger partial charge in [0.2, 0.25) is 0 Å². The van der Waals surface area contributed by atoms with Gasteiger partial charge in [-0.3, -0.25) is 4.79 Å². The number of carbonyl (C=O) groups is 2. The van der Waals surface area contributed by atoms with E-state index in [4.69, 9.17) is 9.47 Å². The molecule has 0 aliphatic rings. The van der Waals surface area contributed by atoms with Gasteiger partial charge >= 0.3 is 12.0 Å². The van der Waals surface area contributed by atoms with E-state index in [2.05, 4.69) is 15.6 Å². The van der Waals surface area contributed by atoms with Crippen molar-refractivity contribution in [2.45, 2.75) is 13.0 Å². The first kappa shape index (κ1) is 20.3. The Labute approximate surface area is 172 Å². The van der Waals surface area contributed by atoms with Gasteiger partial charge in [-0.2, -0.15) is 0 Å². The lowest BCUT2D eigenvalue weighted by Gasteiger charge is -2.07. The van der Waals surface area contributed by atoms with Crippen LogP contribution in [0.25, 0.3) is 10.6 Å². The van der Waals surface area contributed by atoms with Crippen molar-refractivity contribution in [3.05, 3.63) is 65.7 Å². The lowest BCUT2D eigenvalue weighted by atomic mass is 10.2. The molecule has 0 saturated carbocycles. The Morgan fingerprint density at radius 2 is 1.93 bits per heavy atom. The standard InChI is InChI=1S/C21H21N3O4S/c1-27-18-9-5-6-15(12-18)20-23-17(14-29-20)13-28-19(25)10-11-22-21(26)24-16-7-3-2-4-8-16/h2-9,12,14H,10-11,13H2,1H3,(H2,22,24,26). The molecule has 0 saturated heterocycles. The fourth-order valence-corrected chi connectivity index (χ4v) is 3.26. The van der Waals surface area contributed by atoms with Gasteiger partial charge in [-0.05, 0) is 24.3 Å². The van der Waals surface area contributed by atoms with E-state index < -0.39 is 5.97 Å². The molecule has 0 aliphatic heterocycles. The number of esters is 1. The number of carbonyl (C=O) groups excluding carboxylic acids is 2. The molecule has 0 aliphatic carbocycles. The van der Waals surface area contributed by atoms with Gasteiger partial charge in [-0.15, -0.1) is 11.3 Å². The fourth-order valence-electron chi connectivity index (χ4n) is 2.46. The molecule has 0 spiro atoms. The normalized spacial score (nSPS) is 10.2. The number of hydrogen-bond donors (Lipinski definition) is 2. The largest absolute Gasteiger partial charge is 0.497 e. The average molecular weight is 411 g/mol. The molecular weight excluding hydrogens is 390 g/mol. The fraction of sp³-hybridized carbons (Fsp3) is 0.190. The van der Waals surface area contributed by atoms with Gasteiger partial charge < -0.3 is 20.1 Å². The van der Waals surface area contributed by atoms with E-state index in [1.807, 2.05) is 47.8 Å². The second-order valence-electron chi connectivity index (χ2n) is 6.03. The maximum Gasteiger partial charge on any atom is 0.319 e. The Bertz CT molecular complexity index is 959. The number of nitrogens with one attached hydrogen (secondary N) is 2. The summed E-state index contributed by atoms with van der Waals surface area (Å²) in [6, 6.07) is 16.3. The van der Waals surface area contributed by atoms with Crippen LogP contribution in [0, 0.1) is 0 Å². The summed E-state index contributed by atoms with van der Waals surface area (Å²) in [5.41, 5.74) is 2.31. The Morgan fingerprint density at radius 1 is 1.10 bits per heavy atom. The molecule has 2 N–H and O–H groups in total. The molecule has 0 bridgehead atoms. The molecule has 1 heterocycles. The van der Waals surface area contributed by atoms with Gasteiger partial charge in [0.25, 0.3) is 0 Å². The van der Waals surface area contributed by atoms with E-state index in [1.165, 1.54) is 11.3 Å². The maximum atomic E-state index is 11.9. The molecule has 0 atom stereocenters. The smallest absolute Gasteiger partial charge is 0.319 e. The van der Waals surface area contributed by atoms with Crippen LogP contribution in [-0.2, 0) is 16.1 Å². The van der Waals surface area contributed by atoms with Crippen molar-refractivity contribution in [1.82, 2.24) is 10.3 Å². The molecular formula is C21H21N3O4S. The average Bonchev–Trinajstić information content (AvgIpc) is 3.22. The summed E-state index contributed by atoms with van der Waals surface area (Å²) in [6.07, 6.45) is 0.0785. The number of ether oxygens (including phenoxy) is 2. The van der Waals surface area contributed by atoms with Gasteiger partial charge in [0.05, 0.1) is 19.2 Å². The molecule has 2 amide bonds. The molecule has 3 rings (SSSR count). The Morgan fingerprint density at radius 3 is 2.72 bits per heavy atom. The van der Waals surface area contributed by atoms with E-state index in [0.717, 1.165) is 16.3 Å². The molecule has 2 aromatic carbocycles. The van der Waals surface area contributed by atoms with Gasteiger partial charge in [-0.25, -0.2) is 9.78 Å². The number of amides is 2. The number of nitrogens with zero attached hydrogens (tertiary/aromatic N) is 1. The van der Waals surface area contributed by atoms with Crippen LogP contribution in [0.15, 0.2) is 60.0 Å². The van der Waals surface area contributed by atoms with Gasteiger partial charge in [-0.1, -0.05) is 30.3 Å². The van der Waals surface area contributed by atoms with E-state index in [-0.39, 0.29) is 25.6 Å². The van der Waals surface area contributed by atoms with Crippen molar-refractivity contribution in [1.29, 1.82) is 0 Å². The van der Waals surface area contributed by atoms with Crippen LogP contribution in [0.4, 0.5) is 10.5 Å². The zero-order valence-electron chi connectivity index (χ0n) is 15.9. The van der Waals surface area contributed by atoms with Crippen LogP contribution in [-0.4, -0.2) is 30.6 Å². The molecule has 7 nitrogen and oxygen atoms in total. The number of urea groups is 1. The highest BCUT2D eigenvalue weighted by Crippen LogP contribution is 2.27. The monoisotopic (exact) mass is 411 g/mol. The minimum Gasteiger partial charge on any atom is -0.497 e. The number of para-hydroxylation sites is 1. The highest BCUT2D eigenvalue weighted by Gasteiger charge is 2.09. The Balaban J connectivity index is 1.39. The highest BCUT2D eigenvalue weighted by molar-refractivity contribution is 7.13. The van der Waals surface area contributed by atoms with Crippen molar-refractivity contribution in [3.63, 3.8) is 0 Å². The third kappa shape index (κ3) is 6.32. The topological polar surface area (TPSA) is 89.6 Å². The second-order valence-corrected chi connectivity index (χ2v) is 6.89.